The Morgan fingerprint density at radius 1 is 1.28 bits per heavy atom. The minimum atomic E-state index is -0.0735. The highest BCUT2D eigenvalue weighted by molar-refractivity contribution is 5.80. The first-order valence-corrected chi connectivity index (χ1v) is 9.55. The highest BCUT2D eigenvalue weighted by atomic mass is 16.5. The van der Waals surface area contributed by atoms with Gasteiger partial charge in [-0.2, -0.15) is 0 Å². The molecule has 25 heavy (non-hydrogen) atoms. The lowest BCUT2D eigenvalue weighted by molar-refractivity contribution is -0.138. The molecular weight excluding hydrogens is 316 g/mol. The molecule has 2 heterocycles. The van der Waals surface area contributed by atoms with E-state index in [2.05, 4.69) is 5.32 Å². The van der Waals surface area contributed by atoms with Crippen molar-refractivity contribution >= 4 is 5.91 Å². The molecule has 1 unspecified atom stereocenters. The minimum absolute atomic E-state index is 0.0735. The smallest absolute Gasteiger partial charge is 0.229 e. The molecule has 1 N–H and O–H groups in total. The summed E-state index contributed by atoms with van der Waals surface area (Å²) in [6.07, 6.45) is 5.65. The fourth-order valence-electron chi connectivity index (χ4n) is 3.87. The maximum atomic E-state index is 12.9. The number of carbonyl (C=O) groups is 1. The molecular formula is C20H28N2O3. The van der Waals surface area contributed by atoms with Gasteiger partial charge in [0.05, 0.1) is 13.0 Å². The highest BCUT2D eigenvalue weighted by Gasteiger charge is 2.32. The number of fused-ring (bicyclic) bond motifs is 1. The van der Waals surface area contributed by atoms with Crippen molar-refractivity contribution in [3.63, 3.8) is 0 Å². The maximum absolute atomic E-state index is 12.9. The van der Waals surface area contributed by atoms with Crippen molar-refractivity contribution in [2.75, 3.05) is 33.4 Å². The van der Waals surface area contributed by atoms with Crippen LogP contribution in [0.4, 0.5) is 0 Å². The van der Waals surface area contributed by atoms with E-state index in [0.29, 0.717) is 12.6 Å². The number of amides is 1. The van der Waals surface area contributed by atoms with E-state index in [0.717, 1.165) is 61.9 Å². The number of likely N-dealkylation sites (tertiary alicyclic amines) is 1. The van der Waals surface area contributed by atoms with E-state index in [1.807, 2.05) is 23.1 Å². The highest BCUT2D eigenvalue weighted by Crippen LogP contribution is 2.32. The molecule has 1 amide bonds. The van der Waals surface area contributed by atoms with Crippen molar-refractivity contribution in [2.24, 2.45) is 11.8 Å². The zero-order valence-corrected chi connectivity index (χ0v) is 15.0. The second-order valence-corrected chi connectivity index (χ2v) is 7.64. The van der Waals surface area contributed by atoms with E-state index < -0.39 is 0 Å². The first-order valence-electron chi connectivity index (χ1n) is 9.55. The predicted octanol–water partition coefficient (Wildman–Crippen LogP) is 2.24. The lowest BCUT2D eigenvalue weighted by Crippen LogP contribution is -2.48. The van der Waals surface area contributed by atoms with Crippen LogP contribution in [0.3, 0.4) is 0 Å². The largest absolute Gasteiger partial charge is 0.497 e. The Morgan fingerprint density at radius 2 is 2.08 bits per heavy atom. The summed E-state index contributed by atoms with van der Waals surface area (Å²) in [5.41, 5.74) is 1.07. The standard InChI is InChI=1S/C20H28N2O3/c1-24-18-4-5-19-15(11-18)10-16(13-25-19)20(23)22-8-6-17(7-9-22)21-12-14-2-3-14/h4-5,11,14,16-17,21H,2-3,6-10,12-13H2,1H3. The summed E-state index contributed by atoms with van der Waals surface area (Å²) in [5.74, 6) is 2.78. The molecule has 5 heteroatoms. The van der Waals surface area contributed by atoms with Crippen molar-refractivity contribution in [3.05, 3.63) is 23.8 Å². The van der Waals surface area contributed by atoms with E-state index in [-0.39, 0.29) is 11.8 Å². The molecule has 5 nitrogen and oxygen atoms in total. The Bertz CT molecular complexity index is 621. The van der Waals surface area contributed by atoms with E-state index in [1.165, 1.54) is 12.8 Å². The molecule has 1 atom stereocenters. The van der Waals surface area contributed by atoms with E-state index >= 15 is 0 Å². The first kappa shape index (κ1) is 16.7. The second-order valence-electron chi connectivity index (χ2n) is 7.64. The maximum Gasteiger partial charge on any atom is 0.229 e. The molecule has 1 aromatic carbocycles. The predicted molar refractivity (Wildman–Crippen MR) is 96.0 cm³/mol. The Balaban J connectivity index is 1.30. The van der Waals surface area contributed by atoms with Crippen molar-refractivity contribution < 1.29 is 14.3 Å². The third-order valence-electron chi connectivity index (χ3n) is 5.72. The van der Waals surface area contributed by atoms with Crippen LogP contribution in [-0.2, 0) is 11.2 Å². The van der Waals surface area contributed by atoms with Gasteiger partial charge in [0.1, 0.15) is 18.1 Å². The van der Waals surface area contributed by atoms with Gasteiger partial charge < -0.3 is 19.7 Å². The molecule has 0 bridgehead atoms. The lowest BCUT2D eigenvalue weighted by Gasteiger charge is -2.36. The third-order valence-corrected chi connectivity index (χ3v) is 5.72. The van der Waals surface area contributed by atoms with Crippen LogP contribution in [-0.4, -0.2) is 50.2 Å². The topological polar surface area (TPSA) is 50.8 Å². The van der Waals surface area contributed by atoms with Crippen molar-refractivity contribution in [3.8, 4) is 11.5 Å². The monoisotopic (exact) mass is 344 g/mol. The number of ether oxygens (including phenoxy) is 2. The van der Waals surface area contributed by atoms with Crippen LogP contribution in [0.2, 0.25) is 0 Å². The molecule has 0 spiro atoms. The fourth-order valence-corrected chi connectivity index (χ4v) is 3.87. The van der Waals surface area contributed by atoms with Crippen molar-refractivity contribution in [1.82, 2.24) is 10.2 Å². The Kier molecular flexibility index (Phi) is 4.84. The number of piperidine rings is 1. The van der Waals surface area contributed by atoms with Crippen LogP contribution in [0.1, 0.15) is 31.2 Å². The van der Waals surface area contributed by atoms with Gasteiger partial charge in [-0.3, -0.25) is 4.79 Å². The van der Waals surface area contributed by atoms with Gasteiger partial charge in [-0.05, 0) is 68.3 Å². The van der Waals surface area contributed by atoms with Gasteiger partial charge >= 0.3 is 0 Å². The number of benzene rings is 1. The lowest BCUT2D eigenvalue weighted by atomic mass is 9.94. The number of hydrogen-bond donors (Lipinski definition) is 1. The Labute approximate surface area is 149 Å². The first-order chi connectivity index (χ1) is 12.2. The summed E-state index contributed by atoms with van der Waals surface area (Å²) in [6.45, 7) is 3.37. The molecule has 1 saturated carbocycles. The van der Waals surface area contributed by atoms with Gasteiger partial charge in [-0.1, -0.05) is 0 Å². The quantitative estimate of drug-likeness (QED) is 0.890. The number of nitrogens with zero attached hydrogens (tertiary/aromatic N) is 1. The molecule has 4 rings (SSSR count). The number of nitrogens with one attached hydrogen (secondary N) is 1. The molecule has 1 saturated heterocycles. The Morgan fingerprint density at radius 3 is 2.80 bits per heavy atom. The van der Waals surface area contributed by atoms with Gasteiger partial charge in [-0.15, -0.1) is 0 Å². The van der Waals surface area contributed by atoms with Crippen LogP contribution < -0.4 is 14.8 Å². The van der Waals surface area contributed by atoms with Crippen LogP contribution in [0.25, 0.3) is 0 Å². The Hall–Kier alpha value is -1.75. The number of carbonyl (C=O) groups excluding carboxylic acids is 1. The fraction of sp³-hybridized carbons (Fsp3) is 0.650. The molecule has 1 aliphatic carbocycles. The van der Waals surface area contributed by atoms with Gasteiger partial charge in [0.2, 0.25) is 5.91 Å². The number of hydrogen-bond acceptors (Lipinski definition) is 4. The van der Waals surface area contributed by atoms with Crippen LogP contribution >= 0.6 is 0 Å². The van der Waals surface area contributed by atoms with Crippen molar-refractivity contribution in [1.29, 1.82) is 0 Å². The summed E-state index contributed by atoms with van der Waals surface area (Å²) in [5, 5.41) is 3.67. The number of rotatable bonds is 5. The van der Waals surface area contributed by atoms with Gasteiger partial charge in [0, 0.05) is 19.1 Å². The zero-order chi connectivity index (χ0) is 17.2. The third kappa shape index (κ3) is 3.92. The van der Waals surface area contributed by atoms with Gasteiger partial charge in [0.25, 0.3) is 0 Å². The molecule has 1 aromatic rings. The normalized spacial score (nSPS) is 23.7. The SMILES string of the molecule is COc1ccc2c(c1)CC(C(=O)N1CCC(NCC3CC3)CC1)CO2. The second kappa shape index (κ2) is 7.24. The molecule has 3 aliphatic rings. The van der Waals surface area contributed by atoms with E-state index in [9.17, 15) is 4.79 Å². The van der Waals surface area contributed by atoms with Crippen LogP contribution in [0.15, 0.2) is 18.2 Å². The van der Waals surface area contributed by atoms with Gasteiger partial charge in [-0.25, -0.2) is 0 Å². The van der Waals surface area contributed by atoms with Crippen LogP contribution in [0, 0.1) is 11.8 Å². The molecule has 2 fully saturated rings. The average molecular weight is 344 g/mol. The summed E-state index contributed by atoms with van der Waals surface area (Å²) in [4.78, 5) is 14.9. The molecule has 0 radical (unpaired) electrons. The van der Waals surface area contributed by atoms with Crippen molar-refractivity contribution in [2.45, 2.75) is 38.1 Å². The summed E-state index contributed by atoms with van der Waals surface area (Å²) in [7, 11) is 1.66. The zero-order valence-electron chi connectivity index (χ0n) is 15.0. The van der Waals surface area contributed by atoms with E-state index in [1.54, 1.807) is 7.11 Å². The average Bonchev–Trinajstić information content (AvgIpc) is 3.50. The summed E-state index contributed by atoms with van der Waals surface area (Å²) >= 11 is 0. The van der Waals surface area contributed by atoms with Crippen LogP contribution in [0.5, 0.6) is 11.5 Å². The molecule has 2 aliphatic heterocycles. The molecule has 136 valence electrons. The summed E-state index contributed by atoms with van der Waals surface area (Å²) < 4.78 is 11.1. The molecule has 0 aromatic heterocycles. The number of methoxy groups -OCH3 is 1. The van der Waals surface area contributed by atoms with E-state index in [4.69, 9.17) is 9.47 Å². The van der Waals surface area contributed by atoms with Gasteiger partial charge in [0.15, 0.2) is 0 Å². The minimum Gasteiger partial charge on any atom is -0.497 e. The summed E-state index contributed by atoms with van der Waals surface area (Å²) in [6, 6.07) is 6.41.